The lowest BCUT2D eigenvalue weighted by Crippen LogP contribution is -2.30. The molecular formula is C18H20N2O6S. The van der Waals surface area contributed by atoms with Crippen molar-refractivity contribution in [3.05, 3.63) is 54.6 Å². The number of para-hydroxylation sites is 1. The highest BCUT2D eigenvalue weighted by molar-refractivity contribution is 7.89. The van der Waals surface area contributed by atoms with Gasteiger partial charge in [0.2, 0.25) is 10.0 Å². The van der Waals surface area contributed by atoms with Crippen LogP contribution in [0.2, 0.25) is 0 Å². The third-order valence-corrected chi connectivity index (χ3v) is 4.34. The van der Waals surface area contributed by atoms with Gasteiger partial charge >= 0.3 is 5.97 Å². The molecule has 1 atom stereocenters. The summed E-state index contributed by atoms with van der Waals surface area (Å²) < 4.78 is 33.1. The summed E-state index contributed by atoms with van der Waals surface area (Å²) >= 11 is 0. The Labute approximate surface area is 157 Å². The summed E-state index contributed by atoms with van der Waals surface area (Å²) in [6, 6.07) is 14.4. The first-order valence-corrected chi connectivity index (χ1v) is 9.61. The molecule has 2 aromatic rings. The molecule has 0 bridgehead atoms. The van der Waals surface area contributed by atoms with Crippen molar-refractivity contribution in [2.45, 2.75) is 24.3 Å². The van der Waals surface area contributed by atoms with Crippen LogP contribution in [0.4, 0.5) is 5.69 Å². The number of ether oxygens (including phenoxy) is 2. The molecule has 0 aliphatic rings. The molecule has 0 heterocycles. The first kappa shape index (κ1) is 20.4. The molecule has 0 aromatic heterocycles. The summed E-state index contributed by atoms with van der Waals surface area (Å²) in [5.74, 6) is -0.559. The molecule has 0 unspecified atom stereocenters. The lowest BCUT2D eigenvalue weighted by molar-refractivity contribution is -0.153. The lowest BCUT2D eigenvalue weighted by Gasteiger charge is -2.14. The van der Waals surface area contributed by atoms with Crippen LogP contribution in [0.5, 0.6) is 5.75 Å². The van der Waals surface area contributed by atoms with E-state index in [1.165, 1.54) is 31.2 Å². The third kappa shape index (κ3) is 6.72. The van der Waals surface area contributed by atoms with Gasteiger partial charge < -0.3 is 14.8 Å². The van der Waals surface area contributed by atoms with Crippen LogP contribution >= 0.6 is 0 Å². The molecule has 27 heavy (non-hydrogen) atoms. The van der Waals surface area contributed by atoms with Crippen molar-refractivity contribution < 1.29 is 27.5 Å². The van der Waals surface area contributed by atoms with Crippen LogP contribution in [0.15, 0.2) is 59.5 Å². The molecule has 9 heteroatoms. The highest BCUT2D eigenvalue weighted by Gasteiger charge is 2.18. The fourth-order valence-electron chi connectivity index (χ4n) is 2.07. The fourth-order valence-corrected chi connectivity index (χ4v) is 2.63. The summed E-state index contributed by atoms with van der Waals surface area (Å²) in [6.45, 7) is 1.53. The third-order valence-electron chi connectivity index (χ3n) is 3.43. The Balaban J connectivity index is 1.82. The Kier molecular flexibility index (Phi) is 6.91. The van der Waals surface area contributed by atoms with Gasteiger partial charge in [0, 0.05) is 5.69 Å². The Morgan fingerprint density at radius 2 is 1.81 bits per heavy atom. The molecule has 0 aliphatic carbocycles. The van der Waals surface area contributed by atoms with Gasteiger partial charge in [0.1, 0.15) is 5.75 Å². The zero-order valence-corrected chi connectivity index (χ0v) is 15.4. The van der Waals surface area contributed by atoms with E-state index < -0.39 is 28.0 Å². The molecule has 0 aliphatic heterocycles. The molecule has 3 N–H and O–H groups in total. The molecule has 8 nitrogen and oxygen atoms in total. The van der Waals surface area contributed by atoms with Crippen molar-refractivity contribution in [3.63, 3.8) is 0 Å². The average Bonchev–Trinajstić information content (AvgIpc) is 2.62. The highest BCUT2D eigenvalue weighted by Crippen LogP contribution is 2.15. The Bertz CT molecular complexity index is 899. The number of hydrogen-bond acceptors (Lipinski definition) is 6. The van der Waals surface area contributed by atoms with E-state index in [0.29, 0.717) is 5.75 Å². The lowest BCUT2D eigenvalue weighted by atomic mass is 10.3. The maximum absolute atomic E-state index is 12.1. The van der Waals surface area contributed by atoms with E-state index in [1.807, 2.05) is 18.2 Å². The summed E-state index contributed by atoms with van der Waals surface area (Å²) in [5.41, 5.74) is 0.224. The van der Waals surface area contributed by atoms with Crippen molar-refractivity contribution >= 4 is 27.6 Å². The molecule has 0 saturated heterocycles. The van der Waals surface area contributed by atoms with Gasteiger partial charge in [-0.15, -0.1) is 0 Å². The first-order valence-electron chi connectivity index (χ1n) is 8.07. The van der Waals surface area contributed by atoms with Crippen LogP contribution < -0.4 is 15.2 Å². The highest BCUT2D eigenvalue weighted by atomic mass is 32.2. The summed E-state index contributed by atoms with van der Waals surface area (Å²) in [6.07, 6.45) is -1.08. The van der Waals surface area contributed by atoms with Crippen LogP contribution in [0, 0.1) is 0 Å². The Morgan fingerprint density at radius 1 is 1.11 bits per heavy atom. The normalized spacial score (nSPS) is 12.1. The number of carbonyl (C=O) groups is 2. The van der Waals surface area contributed by atoms with Crippen molar-refractivity contribution in [1.82, 2.24) is 0 Å². The van der Waals surface area contributed by atoms with Gasteiger partial charge in [-0.25, -0.2) is 13.6 Å². The zero-order chi connectivity index (χ0) is 19.9. The SMILES string of the molecule is C[C@H](OC(=O)CCOc1ccccc1)C(=O)Nc1cccc(S(N)(=O)=O)c1. The van der Waals surface area contributed by atoms with Crippen molar-refractivity contribution in [1.29, 1.82) is 0 Å². The molecule has 0 radical (unpaired) electrons. The van der Waals surface area contributed by atoms with E-state index in [9.17, 15) is 18.0 Å². The maximum atomic E-state index is 12.1. The standard InChI is InChI=1S/C18H20N2O6S/c1-13(26-17(21)10-11-25-15-7-3-2-4-8-15)18(22)20-14-6-5-9-16(12-14)27(19,23)24/h2-9,12-13H,10-11H2,1H3,(H,20,22)(H2,19,23,24)/t13-/m0/s1. The topological polar surface area (TPSA) is 125 Å². The smallest absolute Gasteiger partial charge is 0.310 e. The molecule has 0 saturated carbocycles. The van der Waals surface area contributed by atoms with Crippen LogP contribution in [0.25, 0.3) is 0 Å². The molecule has 144 valence electrons. The predicted molar refractivity (Wildman–Crippen MR) is 98.6 cm³/mol. The number of amides is 1. The van der Waals surface area contributed by atoms with Crippen LogP contribution in [0.1, 0.15) is 13.3 Å². The number of carbonyl (C=O) groups excluding carboxylic acids is 2. The second-order valence-corrected chi connectivity index (χ2v) is 7.17. The maximum Gasteiger partial charge on any atom is 0.310 e. The molecule has 0 fully saturated rings. The fraction of sp³-hybridized carbons (Fsp3) is 0.222. The molecule has 2 rings (SSSR count). The number of benzene rings is 2. The first-order chi connectivity index (χ1) is 12.8. The number of rotatable bonds is 8. The molecule has 1 amide bonds. The summed E-state index contributed by atoms with van der Waals surface area (Å²) in [5, 5.41) is 7.52. The predicted octanol–water partition coefficient (Wildman–Crippen LogP) is 1.67. The van der Waals surface area contributed by atoms with E-state index in [2.05, 4.69) is 5.32 Å². The van der Waals surface area contributed by atoms with Crippen molar-refractivity contribution in [2.75, 3.05) is 11.9 Å². The van der Waals surface area contributed by atoms with E-state index >= 15 is 0 Å². The monoisotopic (exact) mass is 392 g/mol. The number of nitrogens with two attached hydrogens (primary N) is 1. The van der Waals surface area contributed by atoms with Gasteiger partial charge in [0.25, 0.3) is 5.91 Å². The summed E-state index contributed by atoms with van der Waals surface area (Å²) in [4.78, 5) is 23.8. The van der Waals surface area contributed by atoms with Gasteiger partial charge in [0.15, 0.2) is 6.10 Å². The average molecular weight is 392 g/mol. The van der Waals surface area contributed by atoms with Crippen molar-refractivity contribution in [3.8, 4) is 5.75 Å². The second kappa shape index (κ2) is 9.15. The minimum Gasteiger partial charge on any atom is -0.493 e. The van der Waals surface area contributed by atoms with Crippen LogP contribution in [-0.4, -0.2) is 33.0 Å². The number of hydrogen-bond donors (Lipinski definition) is 2. The second-order valence-electron chi connectivity index (χ2n) is 5.61. The number of primary sulfonamides is 1. The minimum atomic E-state index is -3.88. The molecular weight excluding hydrogens is 372 g/mol. The number of nitrogens with one attached hydrogen (secondary N) is 1. The summed E-state index contributed by atoms with van der Waals surface area (Å²) in [7, 11) is -3.88. The quantitative estimate of drug-likeness (QED) is 0.659. The van der Waals surface area contributed by atoms with Gasteiger partial charge in [-0.1, -0.05) is 24.3 Å². The minimum absolute atomic E-state index is 0.0204. The molecule has 2 aromatic carbocycles. The van der Waals surface area contributed by atoms with Crippen LogP contribution in [-0.2, 0) is 24.3 Å². The molecule has 0 spiro atoms. The van der Waals surface area contributed by atoms with E-state index in [4.69, 9.17) is 14.6 Å². The number of esters is 1. The van der Waals surface area contributed by atoms with E-state index in [-0.39, 0.29) is 23.6 Å². The van der Waals surface area contributed by atoms with E-state index in [0.717, 1.165) is 0 Å². The Hall–Kier alpha value is -2.91. The largest absolute Gasteiger partial charge is 0.493 e. The van der Waals surface area contributed by atoms with Crippen molar-refractivity contribution in [2.24, 2.45) is 5.14 Å². The van der Waals surface area contributed by atoms with Gasteiger partial charge in [-0.3, -0.25) is 9.59 Å². The van der Waals surface area contributed by atoms with Gasteiger partial charge in [0.05, 0.1) is 17.9 Å². The Morgan fingerprint density at radius 3 is 2.48 bits per heavy atom. The van der Waals surface area contributed by atoms with E-state index in [1.54, 1.807) is 12.1 Å². The van der Waals surface area contributed by atoms with Gasteiger partial charge in [-0.2, -0.15) is 0 Å². The van der Waals surface area contributed by atoms with Crippen LogP contribution in [0.3, 0.4) is 0 Å². The zero-order valence-electron chi connectivity index (χ0n) is 14.6. The van der Waals surface area contributed by atoms with Gasteiger partial charge in [-0.05, 0) is 37.3 Å². The number of sulfonamides is 1. The number of anilines is 1.